The van der Waals surface area contributed by atoms with Crippen LogP contribution in [-0.4, -0.2) is 23.1 Å². The molecule has 136 valence electrons. The second-order valence-electron chi connectivity index (χ2n) is 7.62. The van der Waals surface area contributed by atoms with Gasteiger partial charge in [-0.3, -0.25) is 4.79 Å². The highest BCUT2D eigenvalue weighted by atomic mass is 16.5. The average molecular weight is 353 g/mol. The van der Waals surface area contributed by atoms with Gasteiger partial charge in [-0.15, -0.1) is 0 Å². The van der Waals surface area contributed by atoms with Gasteiger partial charge in [-0.25, -0.2) is 4.79 Å². The molecule has 1 unspecified atom stereocenters. The number of fused-ring (bicyclic) bond motifs is 1. The molecule has 0 spiro atoms. The molecule has 1 aliphatic rings. The number of ether oxygens (including phenoxy) is 1. The van der Waals surface area contributed by atoms with E-state index in [-0.39, 0.29) is 16.9 Å². The first-order valence-corrected chi connectivity index (χ1v) is 8.61. The van der Waals surface area contributed by atoms with Crippen molar-refractivity contribution in [2.45, 2.75) is 45.8 Å². The quantitative estimate of drug-likeness (QED) is 0.906. The lowest BCUT2D eigenvalue weighted by Gasteiger charge is -2.33. The molecule has 1 aliphatic heterocycles. The Morgan fingerprint density at radius 1 is 1.15 bits per heavy atom. The van der Waals surface area contributed by atoms with Crippen molar-refractivity contribution in [2.75, 3.05) is 4.90 Å². The van der Waals surface area contributed by atoms with Crippen LogP contribution >= 0.6 is 0 Å². The largest absolute Gasteiger partial charge is 0.479 e. The van der Waals surface area contributed by atoms with Crippen LogP contribution in [0.1, 0.15) is 49.2 Å². The van der Waals surface area contributed by atoms with Gasteiger partial charge in [-0.05, 0) is 41.7 Å². The van der Waals surface area contributed by atoms with Crippen LogP contribution in [0.15, 0.2) is 42.5 Å². The number of benzene rings is 2. The zero-order valence-electron chi connectivity index (χ0n) is 15.4. The fraction of sp³-hybridized carbons (Fsp3) is 0.333. The molecule has 1 N–H and O–H groups in total. The van der Waals surface area contributed by atoms with Gasteiger partial charge >= 0.3 is 5.97 Å². The Morgan fingerprint density at radius 3 is 2.38 bits per heavy atom. The molecule has 0 radical (unpaired) electrons. The third-order valence-electron chi connectivity index (χ3n) is 4.58. The first kappa shape index (κ1) is 18.0. The van der Waals surface area contributed by atoms with Crippen LogP contribution in [0.2, 0.25) is 0 Å². The normalized spacial score (nSPS) is 16.8. The maximum atomic E-state index is 12.6. The highest BCUT2D eigenvalue weighted by Gasteiger charge is 2.32. The molecule has 0 saturated carbocycles. The van der Waals surface area contributed by atoms with Crippen molar-refractivity contribution < 1.29 is 19.4 Å². The predicted octanol–water partition coefficient (Wildman–Crippen LogP) is 4.00. The Labute approximate surface area is 153 Å². The van der Waals surface area contributed by atoms with Crippen LogP contribution in [-0.2, 0) is 16.8 Å². The van der Waals surface area contributed by atoms with Crippen molar-refractivity contribution in [3.8, 4) is 5.75 Å². The van der Waals surface area contributed by atoms with E-state index in [1.165, 1.54) is 17.7 Å². The zero-order valence-corrected chi connectivity index (χ0v) is 15.4. The maximum Gasteiger partial charge on any atom is 0.335 e. The summed E-state index contributed by atoms with van der Waals surface area (Å²) in [6.45, 7) is 8.56. The molecular weight excluding hydrogens is 330 g/mol. The summed E-state index contributed by atoms with van der Waals surface area (Å²) in [5, 5.41) is 9.16. The third kappa shape index (κ3) is 3.43. The molecule has 3 rings (SSSR count). The third-order valence-corrected chi connectivity index (χ3v) is 4.58. The molecule has 0 bridgehead atoms. The number of carboxylic acids is 1. The van der Waals surface area contributed by atoms with Crippen molar-refractivity contribution in [2.24, 2.45) is 0 Å². The minimum atomic E-state index is -1.02. The van der Waals surface area contributed by atoms with Gasteiger partial charge in [0.05, 0.1) is 17.8 Å². The molecule has 1 amide bonds. The van der Waals surface area contributed by atoms with Gasteiger partial charge in [0.25, 0.3) is 5.91 Å². The summed E-state index contributed by atoms with van der Waals surface area (Å²) >= 11 is 0. The second kappa shape index (κ2) is 6.48. The van der Waals surface area contributed by atoms with Gasteiger partial charge < -0.3 is 14.7 Å². The Balaban J connectivity index is 1.92. The number of hydrogen-bond donors (Lipinski definition) is 1. The van der Waals surface area contributed by atoms with E-state index in [4.69, 9.17) is 9.84 Å². The molecule has 1 atom stereocenters. The van der Waals surface area contributed by atoms with Crippen LogP contribution in [0.4, 0.5) is 5.69 Å². The molecule has 2 aromatic rings. The van der Waals surface area contributed by atoms with Crippen LogP contribution in [0.3, 0.4) is 0 Å². The number of carbonyl (C=O) groups excluding carboxylic acids is 1. The van der Waals surface area contributed by atoms with E-state index in [2.05, 4.69) is 32.9 Å². The van der Waals surface area contributed by atoms with E-state index < -0.39 is 12.1 Å². The Morgan fingerprint density at radius 2 is 1.81 bits per heavy atom. The first-order valence-electron chi connectivity index (χ1n) is 8.61. The van der Waals surface area contributed by atoms with E-state index in [0.717, 1.165) is 5.56 Å². The number of hydrogen-bond acceptors (Lipinski definition) is 3. The predicted molar refractivity (Wildman–Crippen MR) is 99.8 cm³/mol. The summed E-state index contributed by atoms with van der Waals surface area (Å²) in [6.07, 6.45) is -0.652. The molecule has 0 saturated heterocycles. The summed E-state index contributed by atoms with van der Waals surface area (Å²) in [7, 11) is 0. The Kier molecular flexibility index (Phi) is 4.48. The van der Waals surface area contributed by atoms with Gasteiger partial charge in [0, 0.05) is 0 Å². The number of amides is 1. The van der Waals surface area contributed by atoms with Gasteiger partial charge in [-0.2, -0.15) is 0 Å². The van der Waals surface area contributed by atoms with E-state index in [1.807, 2.05) is 12.1 Å². The van der Waals surface area contributed by atoms with Crippen LogP contribution in [0, 0.1) is 0 Å². The number of carboxylic acid groups (broad SMARTS) is 1. The number of rotatable bonds is 3. The molecule has 0 fully saturated rings. The smallest absolute Gasteiger partial charge is 0.335 e. The van der Waals surface area contributed by atoms with Crippen molar-refractivity contribution >= 4 is 17.6 Å². The van der Waals surface area contributed by atoms with Gasteiger partial charge in [-0.1, -0.05) is 45.0 Å². The zero-order chi connectivity index (χ0) is 19.1. The summed E-state index contributed by atoms with van der Waals surface area (Å²) < 4.78 is 5.61. The lowest BCUT2D eigenvalue weighted by Crippen LogP contribution is -2.44. The lowest BCUT2D eigenvalue weighted by molar-refractivity contribution is -0.125. The molecule has 5 heteroatoms. The van der Waals surface area contributed by atoms with Crippen LogP contribution in [0.5, 0.6) is 5.75 Å². The summed E-state index contributed by atoms with van der Waals surface area (Å²) in [5.41, 5.74) is 3.04. The highest BCUT2D eigenvalue weighted by Crippen LogP contribution is 2.36. The number of aromatic carboxylic acids is 1. The summed E-state index contributed by atoms with van der Waals surface area (Å²) in [5.74, 6) is -0.742. The topological polar surface area (TPSA) is 66.8 Å². The van der Waals surface area contributed by atoms with Gasteiger partial charge in [0.1, 0.15) is 5.75 Å². The minimum absolute atomic E-state index is 0.0711. The highest BCUT2D eigenvalue weighted by molar-refractivity contribution is 6.00. The molecule has 26 heavy (non-hydrogen) atoms. The summed E-state index contributed by atoms with van der Waals surface area (Å²) in [6, 6.07) is 12.8. The molecule has 0 aliphatic carbocycles. The van der Waals surface area contributed by atoms with Crippen molar-refractivity contribution in [1.29, 1.82) is 0 Å². The maximum absolute atomic E-state index is 12.6. The second-order valence-corrected chi connectivity index (χ2v) is 7.62. The fourth-order valence-electron chi connectivity index (χ4n) is 3.00. The van der Waals surface area contributed by atoms with E-state index in [0.29, 0.717) is 18.0 Å². The van der Waals surface area contributed by atoms with Gasteiger partial charge in [0.2, 0.25) is 0 Å². The molecule has 5 nitrogen and oxygen atoms in total. The average Bonchev–Trinajstić information content (AvgIpc) is 2.58. The van der Waals surface area contributed by atoms with E-state index in [1.54, 1.807) is 17.9 Å². The van der Waals surface area contributed by atoms with Crippen LogP contribution < -0.4 is 9.64 Å². The number of carbonyl (C=O) groups is 2. The van der Waals surface area contributed by atoms with Crippen LogP contribution in [0.25, 0.3) is 0 Å². The molecular formula is C21H23NO4. The standard InChI is InChI=1S/C21H23NO4/c1-13-19(23)22(12-14-5-8-16(9-6-14)21(2,3)4)17-10-7-15(20(24)25)11-18(17)26-13/h5-11,13H,12H2,1-4H3,(H,24,25). The molecule has 0 aromatic heterocycles. The van der Waals surface area contributed by atoms with E-state index >= 15 is 0 Å². The monoisotopic (exact) mass is 353 g/mol. The SMILES string of the molecule is CC1Oc2cc(C(=O)O)ccc2N(Cc2ccc(C(C)(C)C)cc2)C1=O. The van der Waals surface area contributed by atoms with Crippen molar-refractivity contribution in [1.82, 2.24) is 0 Å². The first-order chi connectivity index (χ1) is 12.2. The number of anilines is 1. The molecule has 1 heterocycles. The molecule has 2 aromatic carbocycles. The fourth-order valence-corrected chi connectivity index (χ4v) is 3.00. The Hall–Kier alpha value is -2.82. The van der Waals surface area contributed by atoms with Crippen molar-refractivity contribution in [3.63, 3.8) is 0 Å². The minimum Gasteiger partial charge on any atom is -0.479 e. The number of nitrogens with zero attached hydrogens (tertiary/aromatic N) is 1. The Bertz CT molecular complexity index is 849. The lowest BCUT2D eigenvalue weighted by atomic mass is 9.86. The van der Waals surface area contributed by atoms with E-state index in [9.17, 15) is 9.59 Å². The van der Waals surface area contributed by atoms with Gasteiger partial charge in [0.15, 0.2) is 6.10 Å². The van der Waals surface area contributed by atoms with Crippen molar-refractivity contribution in [3.05, 3.63) is 59.2 Å². The summed E-state index contributed by atoms with van der Waals surface area (Å²) in [4.78, 5) is 25.5.